The van der Waals surface area contributed by atoms with Crippen LogP contribution in [0.15, 0.2) is 61.6 Å². The van der Waals surface area contributed by atoms with E-state index in [2.05, 4.69) is 5.16 Å². The minimum atomic E-state index is -0.349. The van der Waals surface area contributed by atoms with Gasteiger partial charge in [-0.15, -0.1) is 11.3 Å². The molecule has 0 aliphatic carbocycles. The van der Waals surface area contributed by atoms with Gasteiger partial charge in [-0.3, -0.25) is 0 Å². The van der Waals surface area contributed by atoms with E-state index >= 15 is 0 Å². The number of aryl methyl sites for hydroxylation is 1. The van der Waals surface area contributed by atoms with Crippen LogP contribution < -0.4 is 10.4 Å². The standard InChI is InChI=1S/C19H15NO4S/c1-2-12-8-19(21)23-16-10-14(5-6-15(12)16)22-11-13-9-17(24-20-13)18-4-3-7-25-18/h3-10H,2,11H2,1H3. The summed E-state index contributed by atoms with van der Waals surface area (Å²) in [5.74, 6) is 1.34. The van der Waals surface area contributed by atoms with Crippen molar-refractivity contribution >= 4 is 22.3 Å². The molecule has 0 amide bonds. The van der Waals surface area contributed by atoms with Gasteiger partial charge in [0.25, 0.3) is 0 Å². The van der Waals surface area contributed by atoms with Gasteiger partial charge in [-0.2, -0.15) is 0 Å². The lowest BCUT2D eigenvalue weighted by atomic mass is 10.1. The third-order valence-electron chi connectivity index (χ3n) is 3.89. The SMILES string of the molecule is CCc1cc(=O)oc2cc(OCc3cc(-c4cccs4)on3)ccc12. The molecule has 0 fully saturated rings. The first-order valence-electron chi connectivity index (χ1n) is 7.92. The maximum Gasteiger partial charge on any atom is 0.336 e. The number of benzene rings is 1. The number of ether oxygens (including phenoxy) is 1. The molecule has 25 heavy (non-hydrogen) atoms. The number of hydrogen-bond acceptors (Lipinski definition) is 6. The van der Waals surface area contributed by atoms with Gasteiger partial charge in [0.2, 0.25) is 0 Å². The van der Waals surface area contributed by atoms with Crippen molar-refractivity contribution in [3.05, 3.63) is 69.5 Å². The lowest BCUT2D eigenvalue weighted by Gasteiger charge is -2.06. The fourth-order valence-corrected chi connectivity index (χ4v) is 3.34. The molecule has 3 heterocycles. The first-order valence-corrected chi connectivity index (χ1v) is 8.80. The third-order valence-corrected chi connectivity index (χ3v) is 4.78. The Morgan fingerprint density at radius 1 is 1.20 bits per heavy atom. The van der Waals surface area contributed by atoms with E-state index in [1.165, 1.54) is 6.07 Å². The molecule has 0 unspecified atom stereocenters. The predicted octanol–water partition coefficient (Wildman–Crippen LogP) is 4.65. The minimum absolute atomic E-state index is 0.276. The molecule has 0 radical (unpaired) electrons. The molecule has 0 saturated carbocycles. The van der Waals surface area contributed by atoms with Crippen molar-refractivity contribution in [1.82, 2.24) is 5.16 Å². The lowest BCUT2D eigenvalue weighted by Crippen LogP contribution is -2.00. The number of aromatic nitrogens is 1. The van der Waals surface area contributed by atoms with E-state index in [-0.39, 0.29) is 12.2 Å². The first-order chi connectivity index (χ1) is 12.2. The van der Waals surface area contributed by atoms with Gasteiger partial charge in [-0.1, -0.05) is 18.1 Å². The maximum atomic E-state index is 11.6. The van der Waals surface area contributed by atoms with Crippen LogP contribution in [0, 0.1) is 0 Å². The van der Waals surface area contributed by atoms with E-state index in [0.29, 0.717) is 17.0 Å². The molecule has 0 aliphatic rings. The quantitative estimate of drug-likeness (QED) is 0.489. The zero-order valence-electron chi connectivity index (χ0n) is 13.5. The van der Waals surface area contributed by atoms with Crippen LogP contribution in [0.25, 0.3) is 21.6 Å². The summed E-state index contributed by atoms with van der Waals surface area (Å²) < 4.78 is 16.4. The molecule has 0 atom stereocenters. The van der Waals surface area contributed by atoms with Crippen LogP contribution in [0.4, 0.5) is 0 Å². The van der Waals surface area contributed by atoms with Crippen LogP contribution in [0.5, 0.6) is 5.75 Å². The highest BCUT2D eigenvalue weighted by Crippen LogP contribution is 2.26. The molecule has 4 rings (SSSR count). The molecule has 0 aliphatic heterocycles. The average molecular weight is 353 g/mol. The smallest absolute Gasteiger partial charge is 0.336 e. The van der Waals surface area contributed by atoms with Crippen molar-refractivity contribution in [2.24, 2.45) is 0 Å². The van der Waals surface area contributed by atoms with Crippen molar-refractivity contribution in [1.29, 1.82) is 0 Å². The molecular weight excluding hydrogens is 338 g/mol. The normalized spacial score (nSPS) is 11.1. The van der Waals surface area contributed by atoms with Gasteiger partial charge in [-0.05, 0) is 35.6 Å². The van der Waals surface area contributed by atoms with Crippen molar-refractivity contribution in [2.75, 3.05) is 0 Å². The summed E-state index contributed by atoms with van der Waals surface area (Å²) in [7, 11) is 0. The van der Waals surface area contributed by atoms with Gasteiger partial charge in [0.05, 0.1) is 4.88 Å². The number of fused-ring (bicyclic) bond motifs is 1. The lowest BCUT2D eigenvalue weighted by molar-refractivity contribution is 0.290. The third kappa shape index (κ3) is 3.21. The first kappa shape index (κ1) is 15.7. The molecule has 1 aromatic carbocycles. The zero-order valence-corrected chi connectivity index (χ0v) is 14.3. The summed E-state index contributed by atoms with van der Waals surface area (Å²) in [5.41, 5.74) is 1.85. The molecule has 4 aromatic rings. The molecule has 0 N–H and O–H groups in total. The zero-order chi connectivity index (χ0) is 17.2. The molecular formula is C19H15NO4S. The molecule has 0 bridgehead atoms. The summed E-state index contributed by atoms with van der Waals surface area (Å²) in [6.45, 7) is 2.28. The maximum absolute atomic E-state index is 11.6. The Balaban J connectivity index is 1.54. The van der Waals surface area contributed by atoms with Crippen molar-refractivity contribution in [2.45, 2.75) is 20.0 Å². The van der Waals surface area contributed by atoms with E-state index in [1.807, 2.05) is 42.6 Å². The summed E-state index contributed by atoms with van der Waals surface area (Å²) >= 11 is 1.59. The second-order valence-electron chi connectivity index (χ2n) is 5.55. The largest absolute Gasteiger partial charge is 0.487 e. The highest BCUT2D eigenvalue weighted by molar-refractivity contribution is 7.13. The van der Waals surface area contributed by atoms with Gasteiger partial charge in [0, 0.05) is 23.6 Å². The minimum Gasteiger partial charge on any atom is -0.487 e. The Kier molecular flexibility index (Phi) is 4.11. The van der Waals surface area contributed by atoms with Crippen LogP contribution >= 0.6 is 11.3 Å². The molecule has 6 heteroatoms. The van der Waals surface area contributed by atoms with Gasteiger partial charge in [-0.25, -0.2) is 4.79 Å². The van der Waals surface area contributed by atoms with Crippen molar-refractivity contribution < 1.29 is 13.7 Å². The summed E-state index contributed by atoms with van der Waals surface area (Å²) in [6, 6.07) is 12.8. The molecule has 0 saturated heterocycles. The highest BCUT2D eigenvalue weighted by Gasteiger charge is 2.09. The number of nitrogens with zero attached hydrogens (tertiary/aromatic N) is 1. The van der Waals surface area contributed by atoms with E-state index in [4.69, 9.17) is 13.7 Å². The van der Waals surface area contributed by atoms with Crippen LogP contribution in [0.3, 0.4) is 0 Å². The number of thiophene rings is 1. The van der Waals surface area contributed by atoms with Gasteiger partial charge in [0.15, 0.2) is 5.76 Å². The van der Waals surface area contributed by atoms with Gasteiger partial charge < -0.3 is 13.7 Å². The topological polar surface area (TPSA) is 65.5 Å². The second kappa shape index (κ2) is 6.57. The Hall–Kier alpha value is -2.86. The predicted molar refractivity (Wildman–Crippen MR) is 96.0 cm³/mol. The summed E-state index contributed by atoms with van der Waals surface area (Å²) in [6.07, 6.45) is 0.771. The summed E-state index contributed by atoms with van der Waals surface area (Å²) in [5, 5.41) is 6.94. The van der Waals surface area contributed by atoms with Gasteiger partial charge >= 0.3 is 5.63 Å². The van der Waals surface area contributed by atoms with E-state index in [0.717, 1.165) is 28.0 Å². The Morgan fingerprint density at radius 3 is 2.92 bits per heavy atom. The highest BCUT2D eigenvalue weighted by atomic mass is 32.1. The van der Waals surface area contributed by atoms with E-state index in [1.54, 1.807) is 17.4 Å². The number of hydrogen-bond donors (Lipinski definition) is 0. The van der Waals surface area contributed by atoms with Gasteiger partial charge in [0.1, 0.15) is 23.6 Å². The van der Waals surface area contributed by atoms with Crippen LogP contribution in [-0.4, -0.2) is 5.16 Å². The van der Waals surface area contributed by atoms with E-state index in [9.17, 15) is 4.79 Å². The van der Waals surface area contributed by atoms with Crippen molar-refractivity contribution in [3.63, 3.8) is 0 Å². The number of rotatable bonds is 5. The van der Waals surface area contributed by atoms with Crippen LogP contribution in [-0.2, 0) is 13.0 Å². The molecule has 126 valence electrons. The second-order valence-corrected chi connectivity index (χ2v) is 6.50. The van der Waals surface area contributed by atoms with Crippen LogP contribution in [0.2, 0.25) is 0 Å². The Labute approximate surface area is 147 Å². The monoisotopic (exact) mass is 353 g/mol. The fourth-order valence-electron chi connectivity index (χ4n) is 2.66. The molecule has 3 aromatic heterocycles. The molecule has 0 spiro atoms. The Morgan fingerprint density at radius 2 is 2.12 bits per heavy atom. The Bertz CT molecular complexity index is 1060. The van der Waals surface area contributed by atoms with Crippen molar-refractivity contribution in [3.8, 4) is 16.4 Å². The summed E-state index contributed by atoms with van der Waals surface area (Å²) in [4.78, 5) is 12.7. The fraction of sp³-hybridized carbons (Fsp3) is 0.158. The average Bonchev–Trinajstić information content (AvgIpc) is 3.30. The van der Waals surface area contributed by atoms with E-state index < -0.39 is 0 Å². The molecule has 5 nitrogen and oxygen atoms in total. The van der Waals surface area contributed by atoms with Crippen LogP contribution in [0.1, 0.15) is 18.2 Å².